The molecular formula is C18H21BrN2O3S. The first kappa shape index (κ1) is 19.5. The van der Waals surface area contributed by atoms with E-state index in [4.69, 9.17) is 0 Å². The summed E-state index contributed by atoms with van der Waals surface area (Å²) in [6, 6.07) is 12.8. The van der Waals surface area contributed by atoms with Gasteiger partial charge < -0.3 is 5.32 Å². The van der Waals surface area contributed by atoms with Gasteiger partial charge in [-0.2, -0.15) is 0 Å². The second-order valence-corrected chi connectivity index (χ2v) is 8.74. The van der Waals surface area contributed by atoms with Crippen LogP contribution >= 0.6 is 15.9 Å². The van der Waals surface area contributed by atoms with Gasteiger partial charge in [0.1, 0.15) is 0 Å². The Morgan fingerprint density at radius 3 is 2.28 bits per heavy atom. The zero-order valence-corrected chi connectivity index (χ0v) is 16.7. The first-order valence-corrected chi connectivity index (χ1v) is 10.2. The SMILES string of the molecule is CC(C)C(C)NC(=O)c1cccc(NS(=O)(=O)c2ccc(Br)cc2)c1. The Bertz CT molecular complexity index is 849. The molecule has 0 aliphatic heterocycles. The van der Waals surface area contributed by atoms with Gasteiger partial charge >= 0.3 is 0 Å². The topological polar surface area (TPSA) is 75.3 Å². The van der Waals surface area contributed by atoms with Gasteiger partial charge in [-0.25, -0.2) is 8.42 Å². The number of anilines is 1. The largest absolute Gasteiger partial charge is 0.349 e. The maximum atomic E-state index is 12.4. The molecule has 0 saturated heterocycles. The first-order chi connectivity index (χ1) is 11.7. The van der Waals surface area contributed by atoms with Gasteiger partial charge in [-0.15, -0.1) is 0 Å². The van der Waals surface area contributed by atoms with E-state index in [2.05, 4.69) is 26.0 Å². The van der Waals surface area contributed by atoms with Crippen molar-refractivity contribution >= 4 is 37.5 Å². The van der Waals surface area contributed by atoms with Crippen LogP contribution in [-0.2, 0) is 10.0 Å². The quantitative estimate of drug-likeness (QED) is 0.734. The maximum absolute atomic E-state index is 12.4. The Kier molecular flexibility index (Phi) is 6.24. The minimum Gasteiger partial charge on any atom is -0.349 e. The molecular weight excluding hydrogens is 404 g/mol. The smallest absolute Gasteiger partial charge is 0.261 e. The van der Waals surface area contributed by atoms with Crippen LogP contribution in [0.4, 0.5) is 5.69 Å². The number of amides is 1. The van der Waals surface area contributed by atoms with Crippen LogP contribution < -0.4 is 10.0 Å². The molecule has 0 heterocycles. The van der Waals surface area contributed by atoms with Crippen molar-refractivity contribution in [2.75, 3.05) is 4.72 Å². The fraction of sp³-hybridized carbons (Fsp3) is 0.278. The summed E-state index contributed by atoms with van der Waals surface area (Å²) in [7, 11) is -3.71. The molecule has 0 aliphatic carbocycles. The molecule has 2 aromatic carbocycles. The Morgan fingerprint density at radius 2 is 1.68 bits per heavy atom. The number of nitrogens with one attached hydrogen (secondary N) is 2. The summed E-state index contributed by atoms with van der Waals surface area (Å²) in [4.78, 5) is 12.4. The molecule has 0 spiro atoms. The van der Waals surface area contributed by atoms with Crippen LogP contribution in [0.3, 0.4) is 0 Å². The van der Waals surface area contributed by atoms with Crippen LogP contribution in [0, 0.1) is 5.92 Å². The molecule has 0 fully saturated rings. The minimum atomic E-state index is -3.71. The van der Waals surface area contributed by atoms with Crippen molar-refractivity contribution in [1.29, 1.82) is 0 Å². The average Bonchev–Trinajstić information content (AvgIpc) is 2.54. The number of hydrogen-bond donors (Lipinski definition) is 2. The second-order valence-electron chi connectivity index (χ2n) is 6.15. The molecule has 0 bridgehead atoms. The zero-order valence-electron chi connectivity index (χ0n) is 14.3. The van der Waals surface area contributed by atoms with Crippen molar-refractivity contribution in [3.05, 3.63) is 58.6 Å². The van der Waals surface area contributed by atoms with Crippen molar-refractivity contribution in [2.24, 2.45) is 5.92 Å². The van der Waals surface area contributed by atoms with E-state index >= 15 is 0 Å². The first-order valence-electron chi connectivity index (χ1n) is 7.88. The van der Waals surface area contributed by atoms with E-state index in [1.54, 1.807) is 30.3 Å². The summed E-state index contributed by atoms with van der Waals surface area (Å²) in [6.45, 7) is 5.98. The van der Waals surface area contributed by atoms with Crippen molar-refractivity contribution < 1.29 is 13.2 Å². The van der Waals surface area contributed by atoms with Gasteiger partial charge in [-0.1, -0.05) is 35.8 Å². The zero-order chi connectivity index (χ0) is 18.6. The fourth-order valence-corrected chi connectivity index (χ4v) is 3.32. The number of sulfonamides is 1. The summed E-state index contributed by atoms with van der Waals surface area (Å²) in [5.41, 5.74) is 0.747. The Labute approximate surface area is 157 Å². The van der Waals surface area contributed by atoms with E-state index in [0.29, 0.717) is 17.2 Å². The summed E-state index contributed by atoms with van der Waals surface area (Å²) in [5, 5.41) is 2.90. The summed E-state index contributed by atoms with van der Waals surface area (Å²) in [5.74, 6) is 0.0777. The lowest BCUT2D eigenvalue weighted by molar-refractivity contribution is 0.0930. The number of hydrogen-bond acceptors (Lipinski definition) is 3. The highest BCUT2D eigenvalue weighted by Gasteiger charge is 2.16. The van der Waals surface area contributed by atoms with Crippen LogP contribution in [-0.4, -0.2) is 20.4 Å². The number of benzene rings is 2. The number of halogens is 1. The molecule has 5 nitrogen and oxygen atoms in total. The van der Waals surface area contributed by atoms with E-state index in [0.717, 1.165) is 4.47 Å². The van der Waals surface area contributed by atoms with Gasteiger partial charge in [0.2, 0.25) is 0 Å². The fourth-order valence-electron chi connectivity index (χ4n) is 2.01. The molecule has 7 heteroatoms. The summed E-state index contributed by atoms with van der Waals surface area (Å²) in [6.07, 6.45) is 0. The molecule has 0 aromatic heterocycles. The normalized spacial score (nSPS) is 12.7. The Morgan fingerprint density at radius 1 is 1.04 bits per heavy atom. The second kappa shape index (κ2) is 8.01. The monoisotopic (exact) mass is 424 g/mol. The Hall–Kier alpha value is -1.86. The molecule has 2 aromatic rings. The molecule has 1 amide bonds. The van der Waals surface area contributed by atoms with Crippen LogP contribution in [0.2, 0.25) is 0 Å². The van der Waals surface area contributed by atoms with E-state index in [-0.39, 0.29) is 16.8 Å². The van der Waals surface area contributed by atoms with Gasteiger partial charge in [-0.3, -0.25) is 9.52 Å². The highest BCUT2D eigenvalue weighted by atomic mass is 79.9. The van der Waals surface area contributed by atoms with E-state index in [1.165, 1.54) is 18.2 Å². The van der Waals surface area contributed by atoms with Gasteiger partial charge in [-0.05, 0) is 55.3 Å². The number of carbonyl (C=O) groups is 1. The van der Waals surface area contributed by atoms with E-state index in [1.807, 2.05) is 20.8 Å². The van der Waals surface area contributed by atoms with E-state index in [9.17, 15) is 13.2 Å². The molecule has 1 unspecified atom stereocenters. The standard InChI is InChI=1S/C18H21BrN2O3S/c1-12(2)13(3)20-18(22)14-5-4-6-16(11-14)21-25(23,24)17-9-7-15(19)8-10-17/h4-13,21H,1-3H3,(H,20,22). The maximum Gasteiger partial charge on any atom is 0.261 e. The highest BCUT2D eigenvalue weighted by Crippen LogP contribution is 2.19. The molecule has 134 valence electrons. The average molecular weight is 425 g/mol. The van der Waals surface area contributed by atoms with Crippen LogP contribution in [0.5, 0.6) is 0 Å². The molecule has 0 radical (unpaired) electrons. The molecule has 25 heavy (non-hydrogen) atoms. The van der Waals surface area contributed by atoms with Crippen molar-refractivity contribution in [2.45, 2.75) is 31.7 Å². The van der Waals surface area contributed by atoms with Crippen LogP contribution in [0.1, 0.15) is 31.1 Å². The van der Waals surface area contributed by atoms with Crippen molar-refractivity contribution in [3.63, 3.8) is 0 Å². The van der Waals surface area contributed by atoms with Gasteiger partial charge in [0.05, 0.1) is 4.90 Å². The van der Waals surface area contributed by atoms with Crippen molar-refractivity contribution in [3.8, 4) is 0 Å². The molecule has 0 saturated carbocycles. The van der Waals surface area contributed by atoms with E-state index < -0.39 is 10.0 Å². The lowest BCUT2D eigenvalue weighted by Gasteiger charge is -2.17. The molecule has 2 rings (SSSR count). The van der Waals surface area contributed by atoms with Gasteiger partial charge in [0, 0.05) is 21.8 Å². The lowest BCUT2D eigenvalue weighted by Crippen LogP contribution is -2.36. The molecule has 0 aliphatic rings. The number of carbonyl (C=O) groups excluding carboxylic acids is 1. The molecule has 1 atom stereocenters. The Balaban J connectivity index is 2.18. The lowest BCUT2D eigenvalue weighted by atomic mass is 10.1. The minimum absolute atomic E-state index is 0.0237. The molecule has 2 N–H and O–H groups in total. The predicted octanol–water partition coefficient (Wildman–Crippen LogP) is 4.02. The van der Waals surface area contributed by atoms with Gasteiger partial charge in [0.15, 0.2) is 0 Å². The van der Waals surface area contributed by atoms with Gasteiger partial charge in [0.25, 0.3) is 15.9 Å². The number of rotatable bonds is 6. The van der Waals surface area contributed by atoms with Crippen LogP contribution in [0.25, 0.3) is 0 Å². The third-order valence-corrected chi connectivity index (χ3v) is 5.79. The predicted molar refractivity (Wildman–Crippen MR) is 103 cm³/mol. The van der Waals surface area contributed by atoms with Crippen molar-refractivity contribution in [1.82, 2.24) is 5.32 Å². The third kappa shape index (κ3) is 5.31. The highest BCUT2D eigenvalue weighted by molar-refractivity contribution is 9.10. The summed E-state index contributed by atoms with van der Waals surface area (Å²) < 4.78 is 28.2. The van der Waals surface area contributed by atoms with Crippen LogP contribution in [0.15, 0.2) is 57.9 Å². The summed E-state index contributed by atoms with van der Waals surface area (Å²) >= 11 is 3.27. The third-order valence-electron chi connectivity index (χ3n) is 3.86.